The van der Waals surface area contributed by atoms with Crippen molar-refractivity contribution in [3.8, 4) is 0 Å². The van der Waals surface area contributed by atoms with Crippen LogP contribution in [-0.4, -0.2) is 51.8 Å². The van der Waals surface area contributed by atoms with E-state index >= 15 is 0 Å². The largest absolute Gasteiger partial charge is 0.349 e. The van der Waals surface area contributed by atoms with E-state index in [1.807, 2.05) is 0 Å². The van der Waals surface area contributed by atoms with Crippen LogP contribution in [0.1, 0.15) is 23.7 Å². The minimum Gasteiger partial charge on any atom is -0.349 e. The number of hydrogen-bond acceptors (Lipinski definition) is 4. The van der Waals surface area contributed by atoms with Gasteiger partial charge in [0.25, 0.3) is 5.91 Å². The van der Waals surface area contributed by atoms with Crippen molar-refractivity contribution in [3.63, 3.8) is 0 Å². The fourth-order valence-electron chi connectivity index (χ4n) is 1.95. The number of likely N-dealkylation sites (N-methyl/N-ethyl adjacent to an activating group) is 1. The molecule has 0 aliphatic heterocycles. The molecule has 1 aromatic carbocycles. The van der Waals surface area contributed by atoms with E-state index in [-0.39, 0.29) is 22.9 Å². The van der Waals surface area contributed by atoms with Gasteiger partial charge in [-0.2, -0.15) is 4.72 Å². The molecule has 1 unspecified atom stereocenters. The van der Waals surface area contributed by atoms with Crippen molar-refractivity contribution in [1.82, 2.24) is 14.9 Å². The van der Waals surface area contributed by atoms with Gasteiger partial charge in [-0.15, -0.1) is 6.58 Å². The number of carbonyl (C=O) groups is 2. The van der Waals surface area contributed by atoms with Gasteiger partial charge in [0.15, 0.2) is 0 Å². The highest BCUT2D eigenvalue weighted by molar-refractivity contribution is 7.89. The zero-order chi connectivity index (χ0) is 18.3. The monoisotopic (exact) mass is 353 g/mol. The van der Waals surface area contributed by atoms with Crippen LogP contribution in [-0.2, 0) is 14.8 Å². The molecule has 0 heterocycles. The smallest absolute Gasteiger partial charge is 0.251 e. The predicted octanol–water partition coefficient (Wildman–Crippen LogP) is 0.747. The number of nitrogens with zero attached hydrogens (tertiary/aromatic N) is 1. The van der Waals surface area contributed by atoms with Gasteiger partial charge in [-0.3, -0.25) is 9.59 Å². The zero-order valence-electron chi connectivity index (χ0n) is 14.1. The minimum atomic E-state index is -3.92. The van der Waals surface area contributed by atoms with E-state index in [1.165, 1.54) is 35.2 Å². The van der Waals surface area contributed by atoms with Gasteiger partial charge in [-0.1, -0.05) is 19.1 Å². The number of hydrogen-bond donors (Lipinski definition) is 2. The normalized spacial score (nSPS) is 12.3. The van der Waals surface area contributed by atoms with Gasteiger partial charge in [-0.25, -0.2) is 8.42 Å². The molecule has 0 radical (unpaired) electrons. The lowest BCUT2D eigenvalue weighted by atomic mass is 10.2. The number of amides is 2. The number of nitrogens with one attached hydrogen (secondary N) is 2. The summed E-state index contributed by atoms with van der Waals surface area (Å²) in [5.41, 5.74) is 0.215. The Hall–Kier alpha value is -2.19. The third-order valence-electron chi connectivity index (χ3n) is 3.26. The Bertz CT molecular complexity index is 714. The molecule has 24 heavy (non-hydrogen) atoms. The van der Waals surface area contributed by atoms with Crippen LogP contribution < -0.4 is 10.0 Å². The first-order valence-corrected chi connectivity index (χ1v) is 8.94. The topological polar surface area (TPSA) is 95.6 Å². The number of sulfonamides is 1. The van der Waals surface area contributed by atoms with Gasteiger partial charge in [-0.05, 0) is 24.6 Å². The highest BCUT2D eigenvalue weighted by Crippen LogP contribution is 2.13. The number of carbonyl (C=O) groups excluding carboxylic acids is 2. The Kier molecular flexibility index (Phi) is 7.12. The summed E-state index contributed by atoms with van der Waals surface area (Å²) >= 11 is 0. The fraction of sp³-hybridized carbons (Fsp3) is 0.375. The molecule has 1 atom stereocenters. The van der Waals surface area contributed by atoms with Crippen molar-refractivity contribution >= 4 is 21.8 Å². The molecule has 132 valence electrons. The van der Waals surface area contributed by atoms with Crippen molar-refractivity contribution in [1.29, 1.82) is 0 Å². The zero-order valence-corrected chi connectivity index (χ0v) is 14.9. The molecule has 0 aliphatic carbocycles. The molecule has 2 N–H and O–H groups in total. The summed E-state index contributed by atoms with van der Waals surface area (Å²) in [6, 6.07) is 4.78. The van der Waals surface area contributed by atoms with Crippen LogP contribution in [0.15, 0.2) is 41.8 Å². The van der Waals surface area contributed by atoms with Crippen LogP contribution in [0.2, 0.25) is 0 Å². The maximum atomic E-state index is 12.5. The Morgan fingerprint density at radius 3 is 2.54 bits per heavy atom. The molecule has 0 saturated heterocycles. The van der Waals surface area contributed by atoms with Crippen molar-refractivity contribution < 1.29 is 18.0 Å². The maximum absolute atomic E-state index is 12.5. The average molecular weight is 353 g/mol. The average Bonchev–Trinajstić information content (AvgIpc) is 2.56. The standard InChI is InChI=1S/C16H23N3O4S/c1-5-10-17-15(20)12-8-7-9-13(11-12)24(22,23)18-14(6-2)16(21)19(3)4/h5,7-9,11,14,18H,1,6,10H2,2-4H3,(H,17,20). The lowest BCUT2D eigenvalue weighted by Crippen LogP contribution is -2.45. The molecule has 0 aliphatic rings. The van der Waals surface area contributed by atoms with Gasteiger partial charge >= 0.3 is 0 Å². The van der Waals surface area contributed by atoms with Crippen LogP contribution in [0.3, 0.4) is 0 Å². The van der Waals surface area contributed by atoms with Crippen LogP contribution in [0.4, 0.5) is 0 Å². The first-order chi connectivity index (χ1) is 11.2. The Balaban J connectivity index is 3.04. The van der Waals surface area contributed by atoms with Gasteiger partial charge < -0.3 is 10.2 Å². The van der Waals surface area contributed by atoms with Gasteiger partial charge in [0.05, 0.1) is 4.90 Å². The molecule has 0 saturated carbocycles. The summed E-state index contributed by atoms with van der Waals surface area (Å²) in [5.74, 6) is -0.732. The summed E-state index contributed by atoms with van der Waals surface area (Å²) in [7, 11) is -0.806. The summed E-state index contributed by atoms with van der Waals surface area (Å²) in [6.45, 7) is 5.50. The first kappa shape index (κ1) is 19.9. The third-order valence-corrected chi connectivity index (χ3v) is 4.73. The summed E-state index contributed by atoms with van der Waals surface area (Å²) in [6.07, 6.45) is 1.84. The van der Waals surface area contributed by atoms with Gasteiger partial charge in [0.2, 0.25) is 15.9 Å². The van der Waals surface area contributed by atoms with E-state index in [0.29, 0.717) is 6.42 Å². The molecule has 0 aromatic heterocycles. The highest BCUT2D eigenvalue weighted by atomic mass is 32.2. The molecule has 0 bridgehead atoms. The van der Waals surface area contributed by atoms with Crippen LogP contribution in [0.25, 0.3) is 0 Å². The molecule has 1 aromatic rings. The SMILES string of the molecule is C=CCNC(=O)c1cccc(S(=O)(=O)NC(CC)C(=O)N(C)C)c1. The quantitative estimate of drug-likeness (QED) is 0.674. The second kappa shape index (κ2) is 8.60. The molecular weight excluding hydrogens is 330 g/mol. The van der Waals surface area contributed by atoms with Gasteiger partial charge in [0.1, 0.15) is 6.04 Å². The van der Waals surface area contributed by atoms with E-state index in [1.54, 1.807) is 21.0 Å². The summed E-state index contributed by atoms with van der Waals surface area (Å²) in [5, 5.41) is 2.58. The van der Waals surface area contributed by atoms with E-state index in [9.17, 15) is 18.0 Å². The number of benzene rings is 1. The molecule has 0 spiro atoms. The Labute approximate surface area is 142 Å². The summed E-state index contributed by atoms with van der Waals surface area (Å²) in [4.78, 5) is 25.2. The minimum absolute atomic E-state index is 0.0706. The summed E-state index contributed by atoms with van der Waals surface area (Å²) < 4.78 is 27.4. The lowest BCUT2D eigenvalue weighted by Gasteiger charge is -2.20. The van der Waals surface area contributed by atoms with Crippen LogP contribution in [0, 0.1) is 0 Å². The fourth-order valence-corrected chi connectivity index (χ4v) is 3.26. The third kappa shape index (κ3) is 5.17. The molecule has 8 heteroatoms. The van der Waals surface area contributed by atoms with Crippen molar-refractivity contribution in [2.75, 3.05) is 20.6 Å². The van der Waals surface area contributed by atoms with E-state index in [2.05, 4.69) is 16.6 Å². The predicted molar refractivity (Wildman–Crippen MR) is 92.1 cm³/mol. The molecule has 0 fully saturated rings. The van der Waals surface area contributed by atoms with Crippen LogP contribution >= 0.6 is 0 Å². The Morgan fingerprint density at radius 1 is 1.33 bits per heavy atom. The second-order valence-corrected chi connectivity index (χ2v) is 7.06. The molecule has 7 nitrogen and oxygen atoms in total. The van der Waals surface area contributed by atoms with E-state index in [4.69, 9.17) is 0 Å². The number of rotatable bonds is 8. The molecular formula is C16H23N3O4S. The van der Waals surface area contributed by atoms with Crippen molar-refractivity contribution in [3.05, 3.63) is 42.5 Å². The Morgan fingerprint density at radius 2 is 2.00 bits per heavy atom. The van der Waals surface area contributed by atoms with Crippen molar-refractivity contribution in [2.45, 2.75) is 24.3 Å². The highest BCUT2D eigenvalue weighted by Gasteiger charge is 2.25. The van der Waals surface area contributed by atoms with E-state index < -0.39 is 22.0 Å². The second-order valence-electron chi connectivity index (χ2n) is 5.34. The van der Waals surface area contributed by atoms with Crippen molar-refractivity contribution in [2.24, 2.45) is 0 Å². The maximum Gasteiger partial charge on any atom is 0.251 e. The molecule has 2 amide bonds. The van der Waals surface area contributed by atoms with Crippen LogP contribution in [0.5, 0.6) is 0 Å². The van der Waals surface area contributed by atoms with Gasteiger partial charge in [0, 0.05) is 26.2 Å². The molecule has 1 rings (SSSR count). The van der Waals surface area contributed by atoms with E-state index in [0.717, 1.165) is 0 Å². The lowest BCUT2D eigenvalue weighted by molar-refractivity contribution is -0.130. The first-order valence-electron chi connectivity index (χ1n) is 7.45.